The Kier molecular flexibility index (Phi) is 10.5. The SMILES string of the molecule is C=CCC(CC=C)(N(CC)CC)[Si]([Si])CN(CC)CC. The van der Waals surface area contributed by atoms with E-state index in [9.17, 15) is 0 Å². The molecule has 20 heavy (non-hydrogen) atoms. The van der Waals surface area contributed by atoms with Gasteiger partial charge in [-0.05, 0) is 45.2 Å². The Hall–Kier alpha value is -0.166. The Labute approximate surface area is 131 Å². The molecule has 0 aliphatic rings. The van der Waals surface area contributed by atoms with Gasteiger partial charge in [-0.2, -0.15) is 0 Å². The van der Waals surface area contributed by atoms with E-state index in [0.29, 0.717) is 0 Å². The van der Waals surface area contributed by atoms with Gasteiger partial charge in [-0.1, -0.05) is 39.8 Å². The maximum atomic E-state index is 4.15. The van der Waals surface area contributed by atoms with Gasteiger partial charge in [0.15, 0.2) is 0 Å². The summed E-state index contributed by atoms with van der Waals surface area (Å²) in [6, 6.07) is 0. The lowest BCUT2D eigenvalue weighted by atomic mass is 10.1. The van der Waals surface area contributed by atoms with Crippen LogP contribution < -0.4 is 0 Å². The van der Waals surface area contributed by atoms with Gasteiger partial charge < -0.3 is 9.80 Å². The van der Waals surface area contributed by atoms with Gasteiger partial charge in [0, 0.05) is 14.9 Å². The van der Waals surface area contributed by atoms with Crippen molar-refractivity contribution in [3.05, 3.63) is 25.3 Å². The summed E-state index contributed by atoms with van der Waals surface area (Å²) in [5, 5.41) is 0.178. The first-order chi connectivity index (χ1) is 9.55. The molecule has 0 saturated carbocycles. The monoisotopic (exact) mass is 308 g/mol. The van der Waals surface area contributed by atoms with Crippen LogP contribution in [0.15, 0.2) is 25.3 Å². The highest BCUT2D eigenvalue weighted by atomic mass is 29.1. The molecule has 0 aromatic carbocycles. The molecule has 0 aromatic heterocycles. The minimum Gasteiger partial charge on any atom is -0.307 e. The van der Waals surface area contributed by atoms with Crippen molar-refractivity contribution < 1.29 is 0 Å². The third-order valence-electron chi connectivity index (χ3n) is 4.17. The van der Waals surface area contributed by atoms with E-state index >= 15 is 0 Å². The van der Waals surface area contributed by atoms with Gasteiger partial charge in [-0.15, -0.1) is 13.2 Å². The molecule has 0 fully saturated rings. The van der Waals surface area contributed by atoms with Crippen molar-refractivity contribution in [1.82, 2.24) is 9.80 Å². The van der Waals surface area contributed by atoms with Crippen LogP contribution in [-0.2, 0) is 0 Å². The maximum Gasteiger partial charge on any atom is 0.0735 e. The van der Waals surface area contributed by atoms with Crippen molar-refractivity contribution in [3.63, 3.8) is 0 Å². The van der Waals surface area contributed by atoms with Crippen molar-refractivity contribution in [3.8, 4) is 0 Å². The quantitative estimate of drug-likeness (QED) is 0.404. The molecule has 0 heterocycles. The number of nitrogens with zero attached hydrogens (tertiary/aromatic N) is 2. The summed E-state index contributed by atoms with van der Waals surface area (Å²) < 4.78 is 0. The van der Waals surface area contributed by atoms with E-state index in [-0.39, 0.29) is 5.16 Å². The molecular weight excluding hydrogens is 276 g/mol. The summed E-state index contributed by atoms with van der Waals surface area (Å²) >= 11 is 0. The van der Waals surface area contributed by atoms with Gasteiger partial charge in [0.1, 0.15) is 0 Å². The van der Waals surface area contributed by atoms with Crippen molar-refractivity contribution >= 4 is 18.1 Å². The summed E-state index contributed by atoms with van der Waals surface area (Å²) in [6.45, 7) is 21.4. The van der Waals surface area contributed by atoms with Crippen LogP contribution in [0.2, 0.25) is 0 Å². The molecule has 0 amide bonds. The van der Waals surface area contributed by atoms with Crippen LogP contribution in [0.4, 0.5) is 0 Å². The molecule has 0 aromatic rings. The molecule has 0 aliphatic carbocycles. The van der Waals surface area contributed by atoms with E-state index in [1.807, 2.05) is 0 Å². The van der Waals surface area contributed by atoms with Crippen LogP contribution in [0, 0.1) is 0 Å². The van der Waals surface area contributed by atoms with Gasteiger partial charge >= 0.3 is 0 Å². The zero-order chi connectivity index (χ0) is 15.6. The van der Waals surface area contributed by atoms with E-state index < -0.39 is 8.31 Å². The molecule has 4 radical (unpaired) electrons. The van der Waals surface area contributed by atoms with E-state index in [0.717, 1.165) is 45.2 Å². The predicted molar refractivity (Wildman–Crippen MR) is 94.6 cm³/mol. The number of hydrogen-bond donors (Lipinski definition) is 0. The Morgan fingerprint density at radius 1 is 0.950 bits per heavy atom. The fourth-order valence-corrected chi connectivity index (χ4v) is 7.33. The second-order valence-electron chi connectivity index (χ2n) is 5.13. The Bertz CT molecular complexity index is 264. The molecular formula is C16H32N2Si2. The molecule has 4 heteroatoms. The predicted octanol–water partition coefficient (Wildman–Crippen LogP) is 2.80. The average molecular weight is 309 g/mol. The van der Waals surface area contributed by atoms with E-state index in [1.54, 1.807) is 0 Å². The molecule has 0 aliphatic heterocycles. The Morgan fingerprint density at radius 3 is 1.70 bits per heavy atom. The zero-order valence-electron chi connectivity index (χ0n) is 13.9. The first-order valence-electron chi connectivity index (χ1n) is 7.83. The van der Waals surface area contributed by atoms with Crippen molar-refractivity contribution in [2.75, 3.05) is 32.3 Å². The number of hydrogen-bond acceptors (Lipinski definition) is 2. The lowest BCUT2D eigenvalue weighted by molar-refractivity contribution is 0.172. The molecule has 0 bridgehead atoms. The molecule has 2 nitrogen and oxygen atoms in total. The van der Waals surface area contributed by atoms with Gasteiger partial charge in [0.05, 0.1) is 8.31 Å². The minimum absolute atomic E-state index is 0.178. The summed E-state index contributed by atoms with van der Waals surface area (Å²) in [7, 11) is 3.41. The summed E-state index contributed by atoms with van der Waals surface area (Å²) in [6.07, 6.45) is 7.37. The van der Waals surface area contributed by atoms with Crippen LogP contribution in [0.5, 0.6) is 0 Å². The molecule has 0 N–H and O–H groups in total. The summed E-state index contributed by atoms with van der Waals surface area (Å²) in [5.41, 5.74) is 0. The van der Waals surface area contributed by atoms with Gasteiger partial charge in [0.25, 0.3) is 0 Å². The molecule has 0 saturated heterocycles. The van der Waals surface area contributed by atoms with Crippen molar-refractivity contribution in [1.29, 1.82) is 0 Å². The van der Waals surface area contributed by atoms with E-state index in [4.69, 9.17) is 0 Å². The van der Waals surface area contributed by atoms with Crippen molar-refractivity contribution in [2.45, 2.75) is 45.7 Å². The lowest BCUT2D eigenvalue weighted by Gasteiger charge is -2.47. The molecule has 0 atom stereocenters. The van der Waals surface area contributed by atoms with Crippen LogP contribution in [0.1, 0.15) is 40.5 Å². The smallest absolute Gasteiger partial charge is 0.0735 e. The molecule has 114 valence electrons. The lowest BCUT2D eigenvalue weighted by Crippen LogP contribution is -2.62. The van der Waals surface area contributed by atoms with Gasteiger partial charge in [-0.3, -0.25) is 0 Å². The fraction of sp³-hybridized carbons (Fsp3) is 0.750. The second kappa shape index (κ2) is 10.5. The highest BCUT2D eigenvalue weighted by Crippen LogP contribution is 2.27. The van der Waals surface area contributed by atoms with Crippen LogP contribution in [0.25, 0.3) is 0 Å². The van der Waals surface area contributed by atoms with Gasteiger partial charge in [0.2, 0.25) is 0 Å². The topological polar surface area (TPSA) is 6.48 Å². The van der Waals surface area contributed by atoms with Crippen LogP contribution in [0.3, 0.4) is 0 Å². The molecule has 0 spiro atoms. The third kappa shape index (κ3) is 4.99. The zero-order valence-corrected chi connectivity index (χ0v) is 15.9. The number of rotatable bonds is 12. The van der Waals surface area contributed by atoms with Gasteiger partial charge in [-0.25, -0.2) is 0 Å². The normalized spacial score (nSPS) is 12.4. The average Bonchev–Trinajstić information content (AvgIpc) is 2.45. The molecule has 0 unspecified atom stereocenters. The summed E-state index contributed by atoms with van der Waals surface area (Å²) in [4.78, 5) is 5.12. The summed E-state index contributed by atoms with van der Waals surface area (Å²) in [5.74, 6) is 0. The van der Waals surface area contributed by atoms with Crippen LogP contribution in [-0.4, -0.2) is 65.4 Å². The first kappa shape index (κ1) is 19.8. The van der Waals surface area contributed by atoms with Crippen LogP contribution >= 0.6 is 0 Å². The standard InChI is InChI=1S/C16H32N2Si2/c1-7-13-16(14-8-2,18(11-5)12-6)20(19)15-17(9-3)10-4/h7-8H,1-2,9-15H2,3-6H3. The Balaban J connectivity index is 5.33. The van der Waals surface area contributed by atoms with Crippen molar-refractivity contribution in [2.24, 2.45) is 0 Å². The molecule has 0 rings (SSSR count). The maximum absolute atomic E-state index is 4.15. The highest BCUT2D eigenvalue weighted by Gasteiger charge is 2.39. The Morgan fingerprint density at radius 2 is 1.40 bits per heavy atom. The first-order valence-corrected chi connectivity index (χ1v) is 11.0. The van der Waals surface area contributed by atoms with E-state index in [1.165, 1.54) is 0 Å². The fourth-order valence-electron chi connectivity index (χ4n) is 2.90. The van der Waals surface area contributed by atoms with E-state index in [2.05, 4.69) is 72.6 Å². The largest absolute Gasteiger partial charge is 0.307 e. The minimum atomic E-state index is -0.743. The second-order valence-corrected chi connectivity index (χ2v) is 9.14. The third-order valence-corrected chi connectivity index (χ3v) is 8.65. The highest BCUT2D eigenvalue weighted by molar-refractivity contribution is 7.05.